The van der Waals surface area contributed by atoms with Crippen molar-refractivity contribution in [2.45, 2.75) is 12.3 Å². The highest BCUT2D eigenvalue weighted by atomic mass is 19.3. The van der Waals surface area contributed by atoms with E-state index in [2.05, 4.69) is 0 Å². The first-order valence-electron chi connectivity index (χ1n) is 10.0. The van der Waals surface area contributed by atoms with Gasteiger partial charge in [-0.15, -0.1) is 0 Å². The Hall–Kier alpha value is -4.39. The molecule has 1 unspecified atom stereocenters. The lowest BCUT2D eigenvalue weighted by Gasteiger charge is -2.36. The maximum absolute atomic E-state index is 13.0. The Labute approximate surface area is 194 Å². The quantitative estimate of drug-likeness (QED) is 0.615. The average Bonchev–Trinajstić information content (AvgIpc) is 2.86. The lowest BCUT2D eigenvalue weighted by Crippen LogP contribution is -2.40. The van der Waals surface area contributed by atoms with E-state index < -0.39 is 30.9 Å². The SMILES string of the molecule is COC(=O)C1=C(C(=O)OC)N(c2cccc(OCC(F)F)c2)C(N)=C(C#N)C1c1ccccc1. The summed E-state index contributed by atoms with van der Waals surface area (Å²) in [4.78, 5) is 27.1. The number of allylic oxidation sites excluding steroid dienone is 1. The maximum atomic E-state index is 13.0. The highest BCUT2D eigenvalue weighted by Gasteiger charge is 2.43. The molecule has 34 heavy (non-hydrogen) atoms. The van der Waals surface area contributed by atoms with Gasteiger partial charge in [-0.25, -0.2) is 18.4 Å². The molecule has 2 N–H and O–H groups in total. The molecule has 0 bridgehead atoms. The van der Waals surface area contributed by atoms with Crippen molar-refractivity contribution in [3.05, 3.63) is 82.8 Å². The minimum Gasteiger partial charge on any atom is -0.488 e. The molecule has 8 nitrogen and oxygen atoms in total. The van der Waals surface area contributed by atoms with Crippen molar-refractivity contribution in [2.75, 3.05) is 25.7 Å². The molecule has 0 aromatic heterocycles. The van der Waals surface area contributed by atoms with E-state index in [-0.39, 0.29) is 34.1 Å². The number of nitrogens with zero attached hydrogens (tertiary/aromatic N) is 2. The molecular formula is C24H21F2N3O5. The average molecular weight is 469 g/mol. The highest BCUT2D eigenvalue weighted by molar-refractivity contribution is 6.06. The van der Waals surface area contributed by atoms with Gasteiger partial charge in [-0.3, -0.25) is 4.90 Å². The van der Waals surface area contributed by atoms with Gasteiger partial charge in [-0.1, -0.05) is 36.4 Å². The molecule has 10 heteroatoms. The molecule has 0 aliphatic carbocycles. The highest BCUT2D eigenvalue weighted by Crippen LogP contribution is 2.43. The van der Waals surface area contributed by atoms with Gasteiger partial charge in [0.15, 0.2) is 0 Å². The Morgan fingerprint density at radius 2 is 1.76 bits per heavy atom. The van der Waals surface area contributed by atoms with Gasteiger partial charge in [0.2, 0.25) is 0 Å². The number of carbonyl (C=O) groups excluding carboxylic acids is 2. The van der Waals surface area contributed by atoms with Crippen LogP contribution in [0.1, 0.15) is 11.5 Å². The largest absolute Gasteiger partial charge is 0.488 e. The van der Waals surface area contributed by atoms with E-state index >= 15 is 0 Å². The van der Waals surface area contributed by atoms with Crippen molar-refractivity contribution in [3.8, 4) is 11.8 Å². The molecule has 0 saturated heterocycles. The van der Waals surface area contributed by atoms with Crippen molar-refractivity contribution in [1.29, 1.82) is 5.26 Å². The monoisotopic (exact) mass is 469 g/mol. The van der Waals surface area contributed by atoms with Gasteiger partial charge in [-0.05, 0) is 17.7 Å². The van der Waals surface area contributed by atoms with Crippen molar-refractivity contribution in [3.63, 3.8) is 0 Å². The van der Waals surface area contributed by atoms with Gasteiger partial charge < -0.3 is 19.9 Å². The minimum atomic E-state index is -2.70. The van der Waals surface area contributed by atoms with E-state index in [9.17, 15) is 23.6 Å². The molecule has 0 amide bonds. The first-order chi connectivity index (χ1) is 16.3. The summed E-state index contributed by atoms with van der Waals surface area (Å²) in [7, 11) is 2.27. The molecule has 1 aliphatic rings. The van der Waals surface area contributed by atoms with Gasteiger partial charge in [0.25, 0.3) is 6.43 Å². The Morgan fingerprint density at radius 1 is 1.09 bits per heavy atom. The predicted octanol–water partition coefficient (Wildman–Crippen LogP) is 3.23. The van der Waals surface area contributed by atoms with E-state index in [1.807, 2.05) is 6.07 Å². The second kappa shape index (κ2) is 10.5. The van der Waals surface area contributed by atoms with Gasteiger partial charge in [0.1, 0.15) is 23.9 Å². The van der Waals surface area contributed by atoms with Gasteiger partial charge >= 0.3 is 11.9 Å². The van der Waals surface area contributed by atoms with Gasteiger partial charge in [0.05, 0.1) is 43.0 Å². The van der Waals surface area contributed by atoms with Crippen LogP contribution in [0.15, 0.2) is 77.3 Å². The first kappa shape index (κ1) is 24.3. The summed E-state index contributed by atoms with van der Waals surface area (Å²) in [5.41, 5.74) is 6.64. The number of methoxy groups -OCH3 is 2. The molecule has 0 saturated carbocycles. The fourth-order valence-corrected chi connectivity index (χ4v) is 3.65. The summed E-state index contributed by atoms with van der Waals surface area (Å²) >= 11 is 0. The number of hydrogen-bond donors (Lipinski definition) is 1. The number of halogens is 2. The Bertz CT molecular complexity index is 1190. The number of rotatable bonds is 7. The van der Waals surface area contributed by atoms with Crippen LogP contribution in [0.3, 0.4) is 0 Å². The summed E-state index contributed by atoms with van der Waals surface area (Å²) in [5, 5.41) is 10.00. The number of ether oxygens (including phenoxy) is 3. The molecule has 0 spiro atoms. The molecule has 1 atom stereocenters. The number of nitriles is 1. The molecule has 0 fully saturated rings. The maximum Gasteiger partial charge on any atom is 0.355 e. The standard InChI is InChI=1S/C24H21F2N3O5/c1-32-23(30)20-19(14-7-4-3-5-8-14)17(12-27)22(28)29(21(20)24(31)33-2)15-9-6-10-16(11-15)34-13-18(25)26/h3-11,18-19H,13,28H2,1-2H3. The lowest BCUT2D eigenvalue weighted by molar-refractivity contribution is -0.139. The van der Waals surface area contributed by atoms with Crippen molar-refractivity contribution in [2.24, 2.45) is 5.73 Å². The number of carbonyl (C=O) groups is 2. The fourth-order valence-electron chi connectivity index (χ4n) is 3.65. The summed E-state index contributed by atoms with van der Waals surface area (Å²) in [6.45, 7) is -0.846. The van der Waals surface area contributed by atoms with Gasteiger partial charge in [0, 0.05) is 6.07 Å². The molecule has 1 aliphatic heterocycles. The topological polar surface area (TPSA) is 115 Å². The molecular weight excluding hydrogens is 448 g/mol. The van der Waals surface area contributed by atoms with Crippen LogP contribution in [0.25, 0.3) is 0 Å². The lowest BCUT2D eigenvalue weighted by atomic mass is 9.81. The van der Waals surface area contributed by atoms with Crippen molar-refractivity contribution >= 4 is 17.6 Å². The van der Waals surface area contributed by atoms with Crippen LogP contribution in [0.4, 0.5) is 14.5 Å². The molecule has 1 heterocycles. The second-order valence-electron chi connectivity index (χ2n) is 7.03. The number of benzene rings is 2. The zero-order chi connectivity index (χ0) is 24.8. The summed E-state index contributed by atoms with van der Waals surface area (Å²) < 4.78 is 40.2. The summed E-state index contributed by atoms with van der Waals surface area (Å²) in [6.07, 6.45) is -2.70. The molecule has 2 aromatic carbocycles. The number of esters is 2. The number of alkyl halides is 2. The third-order valence-corrected chi connectivity index (χ3v) is 5.06. The smallest absolute Gasteiger partial charge is 0.355 e. The van der Waals surface area contributed by atoms with E-state index in [1.165, 1.54) is 24.3 Å². The predicted molar refractivity (Wildman–Crippen MR) is 117 cm³/mol. The van der Waals surface area contributed by atoms with Crippen LogP contribution < -0.4 is 15.4 Å². The zero-order valence-electron chi connectivity index (χ0n) is 18.3. The van der Waals surface area contributed by atoms with Crippen LogP contribution in [0, 0.1) is 11.3 Å². The van der Waals surface area contributed by atoms with Crippen LogP contribution in [0.2, 0.25) is 0 Å². The Balaban J connectivity index is 2.30. The number of anilines is 1. The van der Waals surface area contributed by atoms with Crippen LogP contribution in [-0.2, 0) is 19.1 Å². The van der Waals surface area contributed by atoms with Crippen LogP contribution in [0.5, 0.6) is 5.75 Å². The van der Waals surface area contributed by atoms with E-state index in [4.69, 9.17) is 19.9 Å². The third kappa shape index (κ3) is 4.68. The fraction of sp³-hybridized carbons (Fsp3) is 0.208. The summed E-state index contributed by atoms with van der Waals surface area (Å²) in [5.74, 6) is -2.87. The van der Waals surface area contributed by atoms with Crippen LogP contribution >= 0.6 is 0 Å². The summed E-state index contributed by atoms with van der Waals surface area (Å²) in [6, 6.07) is 16.4. The van der Waals surface area contributed by atoms with E-state index in [0.717, 1.165) is 19.1 Å². The molecule has 2 aromatic rings. The van der Waals surface area contributed by atoms with Gasteiger partial charge in [-0.2, -0.15) is 5.26 Å². The Kier molecular flexibility index (Phi) is 7.48. The third-order valence-electron chi connectivity index (χ3n) is 5.06. The molecule has 3 rings (SSSR count). The first-order valence-corrected chi connectivity index (χ1v) is 10.0. The van der Waals surface area contributed by atoms with Crippen LogP contribution in [-0.4, -0.2) is 39.2 Å². The van der Waals surface area contributed by atoms with E-state index in [0.29, 0.717) is 5.56 Å². The van der Waals surface area contributed by atoms with E-state index in [1.54, 1.807) is 30.3 Å². The van der Waals surface area contributed by atoms with Crippen molar-refractivity contribution in [1.82, 2.24) is 0 Å². The Morgan fingerprint density at radius 3 is 2.35 bits per heavy atom. The molecule has 0 radical (unpaired) electrons. The second-order valence-corrected chi connectivity index (χ2v) is 7.03. The minimum absolute atomic E-state index is 0.0156. The number of nitrogens with two attached hydrogens (primary N) is 1. The van der Waals surface area contributed by atoms with Crippen molar-refractivity contribution < 1.29 is 32.6 Å². The number of hydrogen-bond acceptors (Lipinski definition) is 8. The zero-order valence-corrected chi connectivity index (χ0v) is 18.3. The normalized spacial score (nSPS) is 15.8. The molecule has 176 valence electrons.